The molecule has 2 aromatic carbocycles. The molecule has 0 saturated heterocycles. The number of Topliss-reactive ketones (excluding diaryl/α,β-unsaturated/α-hetero) is 2. The van der Waals surface area contributed by atoms with Gasteiger partial charge in [0.1, 0.15) is 11.5 Å². The number of hydrogen-bond acceptors (Lipinski definition) is 4. The highest BCUT2D eigenvalue weighted by Gasteiger charge is 2.16. The van der Waals surface area contributed by atoms with Gasteiger partial charge in [-0.3, -0.25) is 9.59 Å². The van der Waals surface area contributed by atoms with Crippen LogP contribution in [-0.2, 0) is 0 Å². The molecule has 96 valence electrons. The SMILES string of the molecule is O=C(CC(=O)c1ccc(O)cc1O)c1ccccc1. The van der Waals surface area contributed by atoms with Gasteiger partial charge in [0.15, 0.2) is 11.6 Å². The Morgan fingerprint density at radius 3 is 2.21 bits per heavy atom. The van der Waals surface area contributed by atoms with Crippen LogP contribution in [0.15, 0.2) is 48.5 Å². The molecule has 0 heterocycles. The lowest BCUT2D eigenvalue weighted by Crippen LogP contribution is -2.08. The zero-order valence-electron chi connectivity index (χ0n) is 10.0. The highest BCUT2D eigenvalue weighted by atomic mass is 16.3. The second-order valence-electron chi connectivity index (χ2n) is 4.09. The molecule has 0 amide bonds. The van der Waals surface area contributed by atoms with Crippen LogP contribution in [-0.4, -0.2) is 21.8 Å². The van der Waals surface area contributed by atoms with Crippen molar-refractivity contribution in [3.8, 4) is 11.5 Å². The number of phenolic OH excluding ortho intramolecular Hbond substituents is 2. The molecule has 4 heteroatoms. The lowest BCUT2D eigenvalue weighted by Gasteiger charge is -2.04. The van der Waals surface area contributed by atoms with Gasteiger partial charge in [0.2, 0.25) is 0 Å². The highest BCUT2D eigenvalue weighted by molar-refractivity contribution is 6.14. The molecule has 2 rings (SSSR count). The van der Waals surface area contributed by atoms with E-state index in [1.54, 1.807) is 30.3 Å². The van der Waals surface area contributed by atoms with Crippen molar-refractivity contribution in [1.82, 2.24) is 0 Å². The summed E-state index contributed by atoms with van der Waals surface area (Å²) >= 11 is 0. The van der Waals surface area contributed by atoms with E-state index in [2.05, 4.69) is 0 Å². The summed E-state index contributed by atoms with van der Waals surface area (Å²) in [5.74, 6) is -1.25. The van der Waals surface area contributed by atoms with Crippen LogP contribution < -0.4 is 0 Å². The third kappa shape index (κ3) is 2.98. The summed E-state index contributed by atoms with van der Waals surface area (Å²) in [6, 6.07) is 12.1. The van der Waals surface area contributed by atoms with Crippen molar-refractivity contribution < 1.29 is 19.8 Å². The number of aromatic hydroxyl groups is 2. The maximum absolute atomic E-state index is 11.9. The van der Waals surface area contributed by atoms with Gasteiger partial charge >= 0.3 is 0 Å². The summed E-state index contributed by atoms with van der Waals surface area (Å²) in [6.07, 6.45) is -0.317. The van der Waals surface area contributed by atoms with Crippen molar-refractivity contribution in [1.29, 1.82) is 0 Å². The molecule has 2 N–H and O–H groups in total. The minimum atomic E-state index is -0.480. The van der Waals surface area contributed by atoms with Crippen molar-refractivity contribution >= 4 is 11.6 Å². The molecular weight excluding hydrogens is 244 g/mol. The summed E-state index contributed by atoms with van der Waals surface area (Å²) in [5, 5.41) is 18.7. The molecule has 0 aliphatic carbocycles. The highest BCUT2D eigenvalue weighted by Crippen LogP contribution is 2.24. The van der Waals surface area contributed by atoms with E-state index >= 15 is 0 Å². The number of ketones is 2. The Morgan fingerprint density at radius 2 is 1.58 bits per heavy atom. The van der Waals surface area contributed by atoms with Gasteiger partial charge in [-0.1, -0.05) is 30.3 Å². The molecule has 4 nitrogen and oxygen atoms in total. The largest absolute Gasteiger partial charge is 0.508 e. The maximum Gasteiger partial charge on any atom is 0.174 e. The van der Waals surface area contributed by atoms with E-state index in [1.165, 1.54) is 12.1 Å². The Bertz CT molecular complexity index is 617. The lowest BCUT2D eigenvalue weighted by molar-refractivity contribution is 0.0893. The molecule has 0 aliphatic heterocycles. The predicted octanol–water partition coefficient (Wildman–Crippen LogP) is 2.55. The fourth-order valence-corrected chi connectivity index (χ4v) is 1.72. The molecule has 0 radical (unpaired) electrons. The van der Waals surface area contributed by atoms with Crippen LogP contribution >= 0.6 is 0 Å². The molecule has 0 aromatic heterocycles. The van der Waals surface area contributed by atoms with Gasteiger partial charge in [-0.05, 0) is 12.1 Å². The van der Waals surface area contributed by atoms with E-state index in [1.807, 2.05) is 0 Å². The number of phenols is 2. The normalized spacial score (nSPS) is 10.1. The van der Waals surface area contributed by atoms with Gasteiger partial charge in [0, 0.05) is 11.6 Å². The quantitative estimate of drug-likeness (QED) is 0.651. The van der Waals surface area contributed by atoms with Gasteiger partial charge in [0.05, 0.1) is 12.0 Å². The number of rotatable bonds is 4. The Kier molecular flexibility index (Phi) is 3.61. The number of hydrogen-bond donors (Lipinski definition) is 2. The fraction of sp³-hybridized carbons (Fsp3) is 0.0667. The van der Waals surface area contributed by atoms with Crippen molar-refractivity contribution in [3.05, 3.63) is 59.7 Å². The van der Waals surface area contributed by atoms with Crippen LogP contribution in [0.5, 0.6) is 11.5 Å². The van der Waals surface area contributed by atoms with E-state index in [0.29, 0.717) is 5.56 Å². The molecule has 0 bridgehead atoms. The van der Waals surface area contributed by atoms with Crippen LogP contribution in [0, 0.1) is 0 Å². The fourth-order valence-electron chi connectivity index (χ4n) is 1.72. The van der Waals surface area contributed by atoms with Gasteiger partial charge in [-0.25, -0.2) is 0 Å². The Morgan fingerprint density at radius 1 is 0.895 bits per heavy atom. The minimum absolute atomic E-state index is 0.0297. The first-order valence-electron chi connectivity index (χ1n) is 5.71. The molecule has 2 aromatic rings. The molecule has 0 atom stereocenters. The number of benzene rings is 2. The smallest absolute Gasteiger partial charge is 0.174 e. The van der Waals surface area contributed by atoms with Gasteiger partial charge < -0.3 is 10.2 Å². The molecule has 0 saturated carbocycles. The summed E-state index contributed by atoms with van der Waals surface area (Å²) in [5.41, 5.74) is 0.483. The van der Waals surface area contributed by atoms with Crippen LogP contribution in [0.3, 0.4) is 0 Å². The lowest BCUT2D eigenvalue weighted by atomic mass is 10.0. The van der Waals surface area contributed by atoms with E-state index in [-0.39, 0.29) is 29.3 Å². The van der Waals surface area contributed by atoms with E-state index < -0.39 is 5.78 Å². The van der Waals surface area contributed by atoms with E-state index in [4.69, 9.17) is 5.11 Å². The number of carbonyl (C=O) groups excluding carboxylic acids is 2. The standard InChI is InChI=1S/C15H12O4/c16-11-6-7-12(14(18)8-11)15(19)9-13(17)10-4-2-1-3-5-10/h1-8,16,18H,9H2. The van der Waals surface area contributed by atoms with E-state index in [0.717, 1.165) is 6.07 Å². The third-order valence-electron chi connectivity index (χ3n) is 2.70. The predicted molar refractivity (Wildman–Crippen MR) is 69.5 cm³/mol. The van der Waals surface area contributed by atoms with E-state index in [9.17, 15) is 14.7 Å². The van der Waals surface area contributed by atoms with Crippen molar-refractivity contribution in [2.45, 2.75) is 6.42 Å². The Balaban J connectivity index is 2.15. The summed E-state index contributed by atoms with van der Waals surface area (Å²) in [7, 11) is 0. The van der Waals surface area contributed by atoms with Crippen molar-refractivity contribution in [2.24, 2.45) is 0 Å². The summed E-state index contributed by atoms with van der Waals surface area (Å²) in [4.78, 5) is 23.8. The topological polar surface area (TPSA) is 74.6 Å². The molecular formula is C15H12O4. The second kappa shape index (κ2) is 5.35. The Hall–Kier alpha value is -2.62. The van der Waals surface area contributed by atoms with Gasteiger partial charge in [-0.15, -0.1) is 0 Å². The summed E-state index contributed by atoms with van der Waals surface area (Å²) < 4.78 is 0. The molecule has 0 unspecified atom stereocenters. The minimum Gasteiger partial charge on any atom is -0.508 e. The number of carbonyl (C=O) groups is 2. The first-order chi connectivity index (χ1) is 9.08. The molecule has 0 spiro atoms. The van der Waals surface area contributed by atoms with Crippen LogP contribution in [0.2, 0.25) is 0 Å². The van der Waals surface area contributed by atoms with Gasteiger partial charge in [-0.2, -0.15) is 0 Å². The molecule has 0 fully saturated rings. The Labute approximate surface area is 109 Å². The third-order valence-corrected chi connectivity index (χ3v) is 2.70. The van der Waals surface area contributed by atoms with Crippen LogP contribution in [0.1, 0.15) is 27.1 Å². The average Bonchev–Trinajstić information content (AvgIpc) is 2.39. The van der Waals surface area contributed by atoms with Crippen molar-refractivity contribution in [2.75, 3.05) is 0 Å². The molecule has 0 aliphatic rings. The first-order valence-corrected chi connectivity index (χ1v) is 5.71. The van der Waals surface area contributed by atoms with Gasteiger partial charge in [0.25, 0.3) is 0 Å². The van der Waals surface area contributed by atoms with Crippen LogP contribution in [0.4, 0.5) is 0 Å². The average molecular weight is 256 g/mol. The summed E-state index contributed by atoms with van der Waals surface area (Å²) in [6.45, 7) is 0. The molecule has 19 heavy (non-hydrogen) atoms. The zero-order chi connectivity index (χ0) is 13.8. The monoisotopic (exact) mass is 256 g/mol. The second-order valence-corrected chi connectivity index (χ2v) is 4.09. The maximum atomic E-state index is 11.9. The zero-order valence-corrected chi connectivity index (χ0v) is 10.0. The van der Waals surface area contributed by atoms with Crippen LogP contribution in [0.25, 0.3) is 0 Å². The van der Waals surface area contributed by atoms with Crippen molar-refractivity contribution in [3.63, 3.8) is 0 Å². The first kappa shape index (κ1) is 12.8.